The third kappa shape index (κ3) is 5.64. The summed E-state index contributed by atoms with van der Waals surface area (Å²) < 4.78 is 32.6. The molecule has 28 heavy (non-hydrogen) atoms. The van der Waals surface area contributed by atoms with Crippen molar-refractivity contribution >= 4 is 33.4 Å². The number of carbonyl (C=O) groups is 1. The van der Waals surface area contributed by atoms with Crippen molar-refractivity contribution < 1.29 is 17.6 Å². The van der Waals surface area contributed by atoms with E-state index < -0.39 is 10.0 Å². The molecule has 0 spiro atoms. The van der Waals surface area contributed by atoms with Gasteiger partial charge in [-0.3, -0.25) is 9.52 Å². The maximum absolute atomic E-state index is 12.4. The maximum Gasteiger partial charge on any atom is 0.261 e. The van der Waals surface area contributed by atoms with Crippen LogP contribution >= 0.6 is 11.8 Å². The number of amides is 1. The van der Waals surface area contributed by atoms with Crippen LogP contribution in [0.1, 0.15) is 16.1 Å². The molecule has 0 aliphatic rings. The highest BCUT2D eigenvalue weighted by Crippen LogP contribution is 2.17. The molecular formula is C20H20N2O4S2. The molecule has 3 rings (SSSR count). The number of anilines is 1. The molecule has 0 fully saturated rings. The summed E-state index contributed by atoms with van der Waals surface area (Å²) in [6, 6.07) is 18.3. The molecule has 0 aliphatic heterocycles. The summed E-state index contributed by atoms with van der Waals surface area (Å²) in [6.45, 7) is 0.504. The van der Waals surface area contributed by atoms with Gasteiger partial charge in [0.2, 0.25) is 0 Å². The van der Waals surface area contributed by atoms with Gasteiger partial charge in [0.15, 0.2) is 0 Å². The molecule has 0 aliphatic carbocycles. The second-order valence-electron chi connectivity index (χ2n) is 5.89. The third-order valence-corrected chi connectivity index (χ3v) is 6.17. The van der Waals surface area contributed by atoms with Gasteiger partial charge in [0, 0.05) is 23.5 Å². The predicted octanol–water partition coefficient (Wildman–Crippen LogP) is 3.74. The number of thioether (sulfide) groups is 1. The summed E-state index contributed by atoms with van der Waals surface area (Å²) in [5.41, 5.74) is 0.730. The molecule has 0 saturated carbocycles. The van der Waals surface area contributed by atoms with Crippen LogP contribution < -0.4 is 10.0 Å². The molecule has 1 amide bonds. The van der Waals surface area contributed by atoms with Gasteiger partial charge in [-0.25, -0.2) is 8.42 Å². The van der Waals surface area contributed by atoms with Crippen molar-refractivity contribution in [2.45, 2.75) is 10.6 Å². The minimum absolute atomic E-state index is 0.165. The minimum Gasteiger partial charge on any atom is -0.468 e. The van der Waals surface area contributed by atoms with Crippen molar-refractivity contribution in [3.8, 4) is 0 Å². The van der Waals surface area contributed by atoms with Gasteiger partial charge in [-0.15, -0.1) is 0 Å². The Bertz CT molecular complexity index is 1000. The lowest BCUT2D eigenvalue weighted by Gasteiger charge is -2.10. The lowest BCUT2D eigenvalue weighted by molar-refractivity contribution is 0.0956. The van der Waals surface area contributed by atoms with E-state index in [1.807, 2.05) is 12.1 Å². The number of sulfonamides is 1. The minimum atomic E-state index is -3.70. The molecule has 3 aromatic rings. The Hall–Kier alpha value is -2.71. The van der Waals surface area contributed by atoms with Crippen molar-refractivity contribution in [2.75, 3.05) is 17.0 Å². The van der Waals surface area contributed by atoms with Crippen LogP contribution in [-0.2, 0) is 15.8 Å². The molecule has 0 atom stereocenters. The van der Waals surface area contributed by atoms with Crippen LogP contribution in [0.5, 0.6) is 0 Å². The zero-order valence-electron chi connectivity index (χ0n) is 15.0. The molecule has 0 radical (unpaired) electrons. The monoisotopic (exact) mass is 416 g/mol. The van der Waals surface area contributed by atoms with Crippen LogP contribution in [0.15, 0.2) is 82.3 Å². The Labute approximate surface area is 168 Å². The summed E-state index contributed by atoms with van der Waals surface area (Å²) in [5.74, 6) is 2.14. The van der Waals surface area contributed by atoms with Gasteiger partial charge in [0.1, 0.15) is 5.76 Å². The van der Waals surface area contributed by atoms with E-state index in [0.29, 0.717) is 17.8 Å². The van der Waals surface area contributed by atoms with Crippen molar-refractivity contribution in [3.63, 3.8) is 0 Å². The number of furan rings is 1. The number of hydrogen-bond donors (Lipinski definition) is 2. The summed E-state index contributed by atoms with van der Waals surface area (Å²) in [4.78, 5) is 12.5. The van der Waals surface area contributed by atoms with Crippen molar-refractivity contribution in [3.05, 3.63) is 84.3 Å². The first-order valence-corrected chi connectivity index (χ1v) is 11.2. The zero-order chi connectivity index (χ0) is 19.8. The second-order valence-corrected chi connectivity index (χ2v) is 8.67. The average Bonchev–Trinajstić information content (AvgIpc) is 3.22. The fraction of sp³-hybridized carbons (Fsp3) is 0.150. The summed E-state index contributed by atoms with van der Waals surface area (Å²) in [6.07, 6.45) is 1.64. The highest BCUT2D eigenvalue weighted by atomic mass is 32.2. The van der Waals surface area contributed by atoms with Crippen molar-refractivity contribution in [2.24, 2.45) is 0 Å². The lowest BCUT2D eigenvalue weighted by Crippen LogP contribution is -2.25. The Morgan fingerprint density at radius 1 is 1.00 bits per heavy atom. The highest BCUT2D eigenvalue weighted by Gasteiger charge is 2.14. The number of nitrogens with one attached hydrogen (secondary N) is 2. The standard InChI is InChI=1S/C20H20N2O4S2/c23-20(21-11-13-27-15-18-8-5-12-26-18)16-6-4-7-17(14-16)22-28(24,25)19-9-2-1-3-10-19/h1-10,12,14,22H,11,13,15H2,(H,21,23). The van der Waals surface area contributed by atoms with Crippen LogP contribution in [0.2, 0.25) is 0 Å². The summed E-state index contributed by atoms with van der Waals surface area (Å²) >= 11 is 1.66. The first-order chi connectivity index (χ1) is 13.5. The van der Waals surface area contributed by atoms with Gasteiger partial charge in [-0.1, -0.05) is 24.3 Å². The topological polar surface area (TPSA) is 88.4 Å². The van der Waals surface area contributed by atoms with Gasteiger partial charge in [-0.2, -0.15) is 11.8 Å². The van der Waals surface area contributed by atoms with Gasteiger partial charge < -0.3 is 9.73 Å². The molecule has 0 saturated heterocycles. The van der Waals surface area contributed by atoms with E-state index in [0.717, 1.165) is 17.3 Å². The van der Waals surface area contributed by atoms with Crippen LogP contribution in [0.3, 0.4) is 0 Å². The SMILES string of the molecule is O=C(NCCSCc1ccco1)c1cccc(NS(=O)(=O)c2ccccc2)c1. The Kier molecular flexibility index (Phi) is 6.78. The molecule has 6 nitrogen and oxygen atoms in total. The van der Waals surface area contributed by atoms with E-state index >= 15 is 0 Å². The fourth-order valence-electron chi connectivity index (χ4n) is 2.44. The highest BCUT2D eigenvalue weighted by molar-refractivity contribution is 7.98. The molecule has 1 heterocycles. The molecule has 0 unspecified atom stereocenters. The van der Waals surface area contributed by atoms with Gasteiger partial charge in [0.25, 0.3) is 15.9 Å². The summed E-state index contributed by atoms with van der Waals surface area (Å²) in [5, 5.41) is 2.83. The molecular weight excluding hydrogens is 396 g/mol. The smallest absolute Gasteiger partial charge is 0.261 e. The molecule has 1 aromatic heterocycles. The second kappa shape index (κ2) is 9.48. The van der Waals surface area contributed by atoms with Gasteiger partial charge >= 0.3 is 0 Å². The zero-order valence-corrected chi connectivity index (χ0v) is 16.6. The lowest BCUT2D eigenvalue weighted by atomic mass is 10.2. The van der Waals surface area contributed by atoms with Crippen LogP contribution in [0, 0.1) is 0 Å². The summed E-state index contributed by atoms with van der Waals surface area (Å²) in [7, 11) is -3.70. The Balaban J connectivity index is 1.53. The van der Waals surface area contributed by atoms with Crippen molar-refractivity contribution in [1.29, 1.82) is 0 Å². The number of carbonyl (C=O) groups excluding carboxylic acids is 1. The van der Waals surface area contributed by atoms with Crippen molar-refractivity contribution in [1.82, 2.24) is 5.32 Å². The maximum atomic E-state index is 12.4. The first-order valence-electron chi connectivity index (χ1n) is 8.61. The van der Waals surface area contributed by atoms with E-state index in [4.69, 9.17) is 4.42 Å². The third-order valence-electron chi connectivity index (χ3n) is 3.79. The first kappa shape index (κ1) is 20.0. The largest absolute Gasteiger partial charge is 0.468 e. The molecule has 0 bridgehead atoms. The fourth-order valence-corrected chi connectivity index (χ4v) is 4.27. The van der Waals surface area contributed by atoms with E-state index in [9.17, 15) is 13.2 Å². The molecule has 2 aromatic carbocycles. The Morgan fingerprint density at radius 2 is 1.82 bits per heavy atom. The van der Waals surface area contributed by atoms with Crippen LogP contribution in [-0.4, -0.2) is 26.6 Å². The number of rotatable bonds is 9. The van der Waals surface area contributed by atoms with E-state index in [2.05, 4.69) is 10.0 Å². The van der Waals surface area contributed by atoms with E-state index in [1.54, 1.807) is 54.4 Å². The molecule has 2 N–H and O–H groups in total. The quantitative estimate of drug-likeness (QED) is 0.519. The molecule has 8 heteroatoms. The van der Waals surface area contributed by atoms with Crippen LogP contribution in [0.25, 0.3) is 0 Å². The Morgan fingerprint density at radius 3 is 2.57 bits per heavy atom. The predicted molar refractivity (Wildman–Crippen MR) is 111 cm³/mol. The number of benzene rings is 2. The van der Waals surface area contributed by atoms with E-state index in [-0.39, 0.29) is 10.8 Å². The normalized spacial score (nSPS) is 11.1. The van der Waals surface area contributed by atoms with Crippen LogP contribution in [0.4, 0.5) is 5.69 Å². The van der Waals surface area contributed by atoms with Gasteiger partial charge in [0.05, 0.1) is 16.9 Å². The average molecular weight is 417 g/mol. The van der Waals surface area contributed by atoms with Gasteiger partial charge in [-0.05, 0) is 42.5 Å². The molecule has 146 valence electrons. The van der Waals surface area contributed by atoms with E-state index in [1.165, 1.54) is 18.2 Å². The number of hydrogen-bond acceptors (Lipinski definition) is 5.